The molecule has 135 heavy (non-hydrogen) atoms. The Balaban J connectivity index is -0.000000273. The van der Waals surface area contributed by atoms with E-state index in [1.807, 2.05) is 12.1 Å². The van der Waals surface area contributed by atoms with Crippen LogP contribution in [0.5, 0.6) is 17.2 Å². The number of carboxylic acid groups (broad SMARTS) is 1. The van der Waals surface area contributed by atoms with Gasteiger partial charge in [0.2, 0.25) is 0 Å². The average Bonchev–Trinajstić information content (AvgIpc) is 1.71. The third-order valence-corrected chi connectivity index (χ3v) is 25.4. The number of aliphatic hydroxyl groups is 2. The molecule has 26 rings (SSSR count). The summed E-state index contributed by atoms with van der Waals surface area (Å²) in [6.07, 6.45) is 27.9. The Morgan fingerprint density at radius 3 is 0.896 bits per heavy atom. The number of rotatable bonds is 5. The second-order valence-corrected chi connectivity index (χ2v) is 32.4. The van der Waals surface area contributed by atoms with E-state index in [-0.39, 0.29) is 178 Å². The van der Waals surface area contributed by atoms with Crippen molar-refractivity contribution < 1.29 is 80.9 Å². The normalized spacial score (nSPS) is 24.3. The van der Waals surface area contributed by atoms with Gasteiger partial charge < -0.3 is 54.3 Å². The van der Waals surface area contributed by atoms with Crippen LogP contribution in [0.3, 0.4) is 0 Å². The molecule has 32 heteroatoms. The number of carbonyl (C=O) groups is 2. The van der Waals surface area contributed by atoms with Crippen LogP contribution in [0.1, 0.15) is 146 Å². The molecule has 18 heterocycles. The van der Waals surface area contributed by atoms with E-state index in [1.165, 1.54) is 188 Å². The van der Waals surface area contributed by atoms with Gasteiger partial charge in [0.05, 0.1) is 24.3 Å². The van der Waals surface area contributed by atoms with Gasteiger partial charge in [0.15, 0.2) is 0 Å². The number of nitrogens with zero attached hydrogens (tertiary/aromatic N) is 5. The molecule has 18 aliphatic rings. The Labute approximate surface area is 918 Å². The second-order valence-electron chi connectivity index (χ2n) is 31.8. The first kappa shape index (κ1) is 141. The van der Waals surface area contributed by atoms with E-state index in [2.05, 4.69) is 213 Å². The standard InChI is InChI=1S/C14H18FNO.3C14H17NO.C7H6BrF.C7H5FO2.C7H7FO.C7H6F.C7H11NO.8CH3Cl.4CH4.2BrH.2Mg.H2S.2H/c15-13-4-2-1-3-11(13)9-14(17)10-16-7-5-12(14)6-8-16;3*1-2-4-13-11(3-1)9-14(16-13)10-15-7-5-12(14)6-8-15;8-5-6-3-1-2-4-7(6)9;8-6-4-2-1-3-5(6)7(9)10;8-7-4-2-1-3-6(7)5-9;1-6-4-2-3-5-7(6)8;9-7-5-8-3-1-6(7)2-4-8;8*1-2;;;;;;;;;;;/h1-4,12,17H,5-10H2;3*1-4,12H,5-10H2;1-4H,5H2;1-4H,(H,9,10);1-4,9H,5H2;2-5H,1H2;6H,1-5H2;8*1H3;4*1H4;2*1H;;;1H2;;/q;;;;;;;-1;;;;;;;;;;;;;;;;2*+2;;2*-1/p-1/t;2*14-;;;;;;;;;;;;;;;;;;;;;;;;;/m.10........................./s1. The Hall–Kier alpha value is -2.82. The van der Waals surface area contributed by atoms with Crippen LogP contribution in [0.2, 0.25) is 0 Å². The maximum absolute atomic E-state index is 13.6. The Morgan fingerprint density at radius 2 is 0.681 bits per heavy atom. The predicted octanol–water partition coefficient (Wildman–Crippen LogP) is 22.5. The molecule has 15 saturated heterocycles. The number of halogens is 16. The minimum absolute atomic E-state index is 0. The minimum atomic E-state index is -1.24. The number of Topliss-reactive ketones (excluding diaryl/α,β-unsaturated/α-hetero) is 1. The van der Waals surface area contributed by atoms with Crippen LogP contribution in [0, 0.1) is 65.6 Å². The molecular formula is C103H149Br3Cl8F5Mg2N5O8S. The third-order valence-electron chi connectivity index (χ3n) is 24.8. The number of ketones is 1. The van der Waals surface area contributed by atoms with Crippen LogP contribution < -0.4 is 31.2 Å². The smallest absolute Gasteiger partial charge is 1.00 e. The minimum Gasteiger partial charge on any atom is -1.00 e. The van der Waals surface area contributed by atoms with Crippen molar-refractivity contribution in [2.45, 2.75) is 154 Å². The van der Waals surface area contributed by atoms with E-state index in [4.69, 9.17) is 24.4 Å². The van der Waals surface area contributed by atoms with Crippen LogP contribution >= 0.6 is 139 Å². The summed E-state index contributed by atoms with van der Waals surface area (Å²) in [5, 5.41) is 28.1. The van der Waals surface area contributed by atoms with Crippen LogP contribution in [-0.4, -0.2) is 269 Å². The number of ether oxygens (including phenoxy) is 3. The molecule has 8 aromatic rings. The summed E-state index contributed by atoms with van der Waals surface area (Å²) in [5.74, 6) is 4.14. The second kappa shape index (κ2) is 75.9. The molecule has 18 aliphatic heterocycles. The van der Waals surface area contributed by atoms with E-state index < -0.39 is 17.4 Å². The molecule has 0 saturated carbocycles. The van der Waals surface area contributed by atoms with Crippen molar-refractivity contribution in [2.24, 2.45) is 29.6 Å². The number of carbonyl (C=O) groups excluding carboxylic acids is 1. The molecule has 0 amide bonds. The van der Waals surface area contributed by atoms with Crippen LogP contribution in [0.15, 0.2) is 194 Å². The Morgan fingerprint density at radius 1 is 0.407 bits per heavy atom. The van der Waals surface area contributed by atoms with Crippen molar-refractivity contribution in [1.82, 2.24) is 24.5 Å². The molecule has 2 unspecified atom stereocenters. The van der Waals surface area contributed by atoms with Crippen molar-refractivity contribution in [1.29, 1.82) is 0 Å². The van der Waals surface area contributed by atoms with Gasteiger partial charge in [-0.05, 0) is 212 Å². The monoisotopic (exact) mass is 2280 g/mol. The number of benzene rings is 8. The number of hydrogen-bond donors (Lipinski definition) is 3. The molecule has 10 bridgehead atoms. The van der Waals surface area contributed by atoms with Crippen LogP contribution in [0.25, 0.3) is 0 Å². The summed E-state index contributed by atoms with van der Waals surface area (Å²) >= 11 is 40.3. The van der Waals surface area contributed by atoms with Crippen LogP contribution in [-0.2, 0) is 42.4 Å². The summed E-state index contributed by atoms with van der Waals surface area (Å²) in [4.78, 5) is 33.5. The first-order valence-electron chi connectivity index (χ1n) is 42.4. The maximum Gasteiger partial charge on any atom is 2.00 e. The van der Waals surface area contributed by atoms with Gasteiger partial charge in [0.25, 0.3) is 0 Å². The molecular weight excluding hydrogens is 2130 g/mol. The van der Waals surface area contributed by atoms with Gasteiger partial charge in [-0.15, -0.1) is 116 Å². The van der Waals surface area contributed by atoms with Gasteiger partial charge >= 0.3 is 52.1 Å². The number of para-hydroxylation sites is 3. The third kappa shape index (κ3) is 41.3. The number of fused-ring (bicyclic) bond motifs is 15. The summed E-state index contributed by atoms with van der Waals surface area (Å²) in [5.41, 5.74) is 5.75. The van der Waals surface area contributed by atoms with E-state index in [1.54, 1.807) is 60.7 Å². The van der Waals surface area contributed by atoms with Crippen molar-refractivity contribution in [2.75, 3.05) is 149 Å². The summed E-state index contributed by atoms with van der Waals surface area (Å²) < 4.78 is 82.3. The van der Waals surface area contributed by atoms with Crippen molar-refractivity contribution >= 4 is 197 Å². The number of hydrogen-bond acceptors (Lipinski definition) is 12. The first-order chi connectivity index (χ1) is 61.3. The zero-order chi connectivity index (χ0) is 92.8. The molecule has 15 fully saturated rings. The van der Waals surface area contributed by atoms with Gasteiger partial charge in [-0.2, -0.15) is 32.0 Å². The molecule has 0 aliphatic carbocycles. The fraction of sp³-hybridized carbons (Fsp3) is 0.505. The number of aliphatic hydroxyl groups excluding tert-OH is 1. The van der Waals surface area contributed by atoms with Gasteiger partial charge in [-0.1, -0.05) is 179 Å². The maximum atomic E-state index is 13.6. The summed E-state index contributed by atoms with van der Waals surface area (Å²) in [6.45, 7) is 20.3. The van der Waals surface area contributed by atoms with Crippen molar-refractivity contribution in [3.63, 3.8) is 0 Å². The van der Waals surface area contributed by atoms with Crippen molar-refractivity contribution in [3.05, 3.63) is 275 Å². The van der Waals surface area contributed by atoms with Gasteiger partial charge in [-0.3, -0.25) is 28.8 Å². The van der Waals surface area contributed by atoms with E-state index in [0.717, 1.165) is 138 Å². The largest absolute Gasteiger partial charge is 2.00 e. The quantitative estimate of drug-likeness (QED) is 0.0653. The van der Waals surface area contributed by atoms with Gasteiger partial charge in [0.1, 0.15) is 63.1 Å². The fourth-order valence-electron chi connectivity index (χ4n) is 18.7. The van der Waals surface area contributed by atoms with E-state index >= 15 is 0 Å². The van der Waals surface area contributed by atoms with Crippen LogP contribution in [0.4, 0.5) is 22.0 Å². The summed E-state index contributed by atoms with van der Waals surface area (Å²) in [7, 11) is 0. The number of aromatic carboxylic acids is 1. The number of carboxylic acids is 1. The Bertz CT molecular complexity index is 4120. The molecule has 0 radical (unpaired) electrons. The average molecular weight is 2280 g/mol. The molecule has 13 nitrogen and oxygen atoms in total. The van der Waals surface area contributed by atoms with E-state index in [0.29, 0.717) is 58.2 Å². The first-order valence-corrected chi connectivity index (χ1v) is 49.6. The number of piperidine rings is 15. The SMILES string of the molecule is Br.C.C.C.C.CCl.CCl.CCl.CCl.CCl.CCl.CCl.CCl.Fc1ccccc1CBr.O=C(O)c1ccccc1F.O=C1CN2CCC1CC2.OC1(Cc2ccccc2F)CN2CCC1CC2.OCc1ccccc1F.S.[Br-].[CH2-]c1ccccc1F.[H-].[H-].[Mg+2].[Mg+2].c1ccc2c(c1)CC1(CN3CCC1CC3)O2.c1ccc2c(c1)C[C@@]1(CN3CCC1CC3)O2.c1ccc2c(c1)C[C@]1(CN3CCC1CC3)O2. The zero-order valence-corrected chi connectivity index (χ0v) is 91.4. The zero-order valence-electron chi connectivity index (χ0n) is 78.6. The predicted molar refractivity (Wildman–Crippen MR) is 578 cm³/mol. The number of alkyl halides is 9. The Kier molecular flexibility index (Phi) is 79.0. The molecule has 4 atom stereocenters. The summed E-state index contributed by atoms with van der Waals surface area (Å²) in [6, 6.07) is 57.0. The molecule has 8 aromatic carbocycles. The fourth-order valence-corrected chi connectivity index (χ4v) is 19.2. The molecule has 3 spiro atoms. The van der Waals surface area contributed by atoms with Gasteiger partial charge in [0, 0.05) is 143 Å². The molecule has 3 N–H and O–H groups in total. The molecule has 0 aromatic heterocycles. The van der Waals surface area contributed by atoms with E-state index in [9.17, 15) is 36.6 Å². The topological polar surface area (TPSA) is 139 Å². The van der Waals surface area contributed by atoms with Gasteiger partial charge in [-0.25, -0.2) is 22.4 Å². The molecule has 756 valence electrons. The van der Waals surface area contributed by atoms with Crippen molar-refractivity contribution in [3.8, 4) is 17.2 Å².